The largest absolute Gasteiger partial charge is 0.481 e. The molecule has 30 heavy (non-hydrogen) atoms. The Balaban J connectivity index is 1.50. The normalized spacial score (nSPS) is 25.9. The Labute approximate surface area is 170 Å². The number of aromatic amines is 1. The zero-order valence-corrected chi connectivity index (χ0v) is 16.0. The summed E-state index contributed by atoms with van der Waals surface area (Å²) < 4.78 is 14.8. The number of nitrogens with zero attached hydrogens (tertiary/aromatic N) is 4. The number of aromatic nitrogens is 4. The van der Waals surface area contributed by atoms with Gasteiger partial charge in [0.25, 0.3) is 5.56 Å². The number of carboxylic acids is 1. The Morgan fingerprint density at radius 1 is 1.27 bits per heavy atom. The van der Waals surface area contributed by atoms with E-state index >= 15 is 0 Å². The lowest BCUT2D eigenvalue weighted by atomic mass is 9.59. The number of rotatable bonds is 4. The summed E-state index contributed by atoms with van der Waals surface area (Å²) in [4.78, 5) is 35.5. The SMILES string of the molecule is O=C(O)[C@H]1C2CCC(CC2)C1/C=N\c1ccc(=O)n(-c2c[nH]c3ncc(F)cc23)n1. The van der Waals surface area contributed by atoms with Gasteiger partial charge in [0, 0.05) is 29.8 Å². The molecule has 3 aromatic heterocycles. The van der Waals surface area contributed by atoms with Gasteiger partial charge in [0.15, 0.2) is 5.82 Å². The predicted molar refractivity (Wildman–Crippen MR) is 108 cm³/mol. The minimum absolute atomic E-state index is 0.136. The molecular formula is C21H20FN5O3. The highest BCUT2D eigenvalue weighted by molar-refractivity contribution is 5.85. The molecule has 3 aromatic rings. The van der Waals surface area contributed by atoms with Gasteiger partial charge in [0.2, 0.25) is 0 Å². The number of hydrogen-bond acceptors (Lipinski definition) is 5. The summed E-state index contributed by atoms with van der Waals surface area (Å²) in [5.74, 6) is -1.05. The lowest BCUT2D eigenvalue weighted by Crippen LogP contribution is -2.44. The lowest BCUT2D eigenvalue weighted by Gasteiger charge is -2.45. The second-order valence-corrected chi connectivity index (χ2v) is 8.06. The van der Waals surface area contributed by atoms with Gasteiger partial charge < -0.3 is 10.1 Å². The van der Waals surface area contributed by atoms with Crippen molar-refractivity contribution in [1.82, 2.24) is 19.7 Å². The van der Waals surface area contributed by atoms with Crippen LogP contribution in [0.1, 0.15) is 25.7 Å². The Kier molecular flexibility index (Phi) is 4.45. The predicted octanol–water partition coefficient (Wildman–Crippen LogP) is 3.09. The van der Waals surface area contributed by atoms with Crippen molar-refractivity contribution in [3.05, 3.63) is 46.8 Å². The fourth-order valence-electron chi connectivity index (χ4n) is 5.02. The van der Waals surface area contributed by atoms with Crippen LogP contribution < -0.4 is 5.56 Å². The maximum absolute atomic E-state index is 13.6. The van der Waals surface area contributed by atoms with Crippen LogP contribution in [-0.2, 0) is 4.79 Å². The van der Waals surface area contributed by atoms with Crippen LogP contribution >= 0.6 is 0 Å². The van der Waals surface area contributed by atoms with Gasteiger partial charge in [-0.2, -0.15) is 4.68 Å². The summed E-state index contributed by atoms with van der Waals surface area (Å²) >= 11 is 0. The molecule has 6 rings (SSSR count). The third-order valence-electron chi connectivity index (χ3n) is 6.44. The van der Waals surface area contributed by atoms with Crippen LogP contribution in [0.3, 0.4) is 0 Å². The number of aliphatic carboxylic acids is 1. The highest BCUT2D eigenvalue weighted by atomic mass is 19.1. The van der Waals surface area contributed by atoms with Gasteiger partial charge in [-0.1, -0.05) is 0 Å². The third-order valence-corrected chi connectivity index (χ3v) is 6.44. The average molecular weight is 409 g/mol. The van der Waals surface area contributed by atoms with E-state index in [0.717, 1.165) is 36.6 Å². The van der Waals surface area contributed by atoms with Crippen LogP contribution in [0.2, 0.25) is 0 Å². The van der Waals surface area contributed by atoms with Crippen molar-refractivity contribution in [3.8, 4) is 5.69 Å². The molecule has 0 aliphatic heterocycles. The number of hydrogen-bond donors (Lipinski definition) is 2. The van der Waals surface area contributed by atoms with Crippen molar-refractivity contribution in [1.29, 1.82) is 0 Å². The van der Waals surface area contributed by atoms with Gasteiger partial charge in [0.05, 0.1) is 17.8 Å². The van der Waals surface area contributed by atoms with Gasteiger partial charge in [-0.15, -0.1) is 5.10 Å². The first kappa shape index (κ1) is 18.7. The van der Waals surface area contributed by atoms with E-state index < -0.39 is 17.7 Å². The van der Waals surface area contributed by atoms with Gasteiger partial charge in [-0.3, -0.25) is 9.59 Å². The van der Waals surface area contributed by atoms with E-state index in [9.17, 15) is 19.1 Å². The topological polar surface area (TPSA) is 113 Å². The smallest absolute Gasteiger partial charge is 0.307 e. The summed E-state index contributed by atoms with van der Waals surface area (Å²) in [5, 5.41) is 14.4. The number of carboxylic acid groups (broad SMARTS) is 1. The van der Waals surface area contributed by atoms with Crippen LogP contribution in [-0.4, -0.2) is 37.0 Å². The van der Waals surface area contributed by atoms with Crippen molar-refractivity contribution in [2.45, 2.75) is 25.7 Å². The summed E-state index contributed by atoms with van der Waals surface area (Å²) in [6, 6.07) is 4.13. The minimum Gasteiger partial charge on any atom is -0.481 e. The molecule has 8 nitrogen and oxygen atoms in total. The molecule has 0 amide bonds. The Morgan fingerprint density at radius 3 is 2.80 bits per heavy atom. The molecule has 3 aliphatic rings. The van der Waals surface area contributed by atoms with Crippen molar-refractivity contribution < 1.29 is 14.3 Å². The van der Waals surface area contributed by atoms with Gasteiger partial charge in [0.1, 0.15) is 11.5 Å². The van der Waals surface area contributed by atoms with E-state index in [4.69, 9.17) is 0 Å². The van der Waals surface area contributed by atoms with Gasteiger partial charge >= 0.3 is 5.97 Å². The van der Waals surface area contributed by atoms with Crippen molar-refractivity contribution in [2.75, 3.05) is 0 Å². The van der Waals surface area contributed by atoms with E-state index in [1.54, 1.807) is 12.4 Å². The molecule has 3 heterocycles. The van der Waals surface area contributed by atoms with Crippen LogP contribution in [0.15, 0.2) is 40.4 Å². The number of aliphatic imine (C=N–C) groups is 1. The second-order valence-electron chi connectivity index (χ2n) is 8.06. The van der Waals surface area contributed by atoms with Crippen LogP contribution in [0, 0.1) is 29.5 Å². The standard InChI is InChI=1S/C21H20FN5O3/c22-13-7-14-16(10-25-20(14)24-8-13)27-18(28)6-5-17(26-27)23-9-15-11-1-3-12(4-2-11)19(15)21(29)30/h5-12,15,19H,1-4H2,(H,24,25)(H,29,30)/b23-9-/t11?,12?,15?,19-/m0/s1. The van der Waals surface area contributed by atoms with E-state index in [0.29, 0.717) is 28.5 Å². The molecule has 2 bridgehead atoms. The van der Waals surface area contributed by atoms with Crippen molar-refractivity contribution >= 4 is 29.0 Å². The molecule has 3 fully saturated rings. The quantitative estimate of drug-likeness (QED) is 0.643. The second kappa shape index (κ2) is 7.16. The van der Waals surface area contributed by atoms with Crippen molar-refractivity contribution in [3.63, 3.8) is 0 Å². The first-order valence-corrected chi connectivity index (χ1v) is 10.0. The molecule has 3 aliphatic carbocycles. The monoisotopic (exact) mass is 409 g/mol. The molecule has 2 atom stereocenters. The summed E-state index contributed by atoms with van der Waals surface area (Å²) in [7, 11) is 0. The molecule has 0 spiro atoms. The average Bonchev–Trinajstić information content (AvgIpc) is 3.16. The highest BCUT2D eigenvalue weighted by Crippen LogP contribution is 2.48. The number of carbonyl (C=O) groups is 1. The maximum Gasteiger partial charge on any atom is 0.307 e. The lowest BCUT2D eigenvalue weighted by molar-refractivity contribution is -0.149. The number of H-pyrrole nitrogens is 1. The van der Waals surface area contributed by atoms with Crippen LogP contribution in [0.5, 0.6) is 0 Å². The third kappa shape index (κ3) is 3.10. The first-order valence-electron chi connectivity index (χ1n) is 10.0. The van der Waals surface area contributed by atoms with Crippen molar-refractivity contribution in [2.24, 2.45) is 28.7 Å². The summed E-state index contributed by atoms with van der Waals surface area (Å²) in [5.41, 5.74) is 0.426. The van der Waals surface area contributed by atoms with E-state index in [2.05, 4.69) is 20.1 Å². The van der Waals surface area contributed by atoms with E-state index in [1.807, 2.05) is 0 Å². The molecule has 0 saturated heterocycles. The van der Waals surface area contributed by atoms with E-state index in [-0.39, 0.29) is 17.4 Å². The van der Waals surface area contributed by atoms with Gasteiger partial charge in [-0.05, 0) is 49.7 Å². The minimum atomic E-state index is -0.771. The molecule has 0 radical (unpaired) electrons. The fourth-order valence-corrected chi connectivity index (χ4v) is 5.02. The first-order chi connectivity index (χ1) is 14.5. The number of fused-ring (bicyclic) bond motifs is 4. The Morgan fingerprint density at radius 2 is 2.03 bits per heavy atom. The molecule has 154 valence electrons. The Bertz CT molecular complexity index is 1210. The summed E-state index contributed by atoms with van der Waals surface area (Å²) in [6.45, 7) is 0. The fraction of sp³-hybridized carbons (Fsp3) is 0.381. The number of nitrogens with one attached hydrogen (secondary N) is 1. The highest BCUT2D eigenvalue weighted by Gasteiger charge is 2.46. The number of halogens is 1. The molecule has 2 N–H and O–H groups in total. The zero-order valence-electron chi connectivity index (χ0n) is 16.0. The zero-order chi connectivity index (χ0) is 20.8. The molecule has 3 saturated carbocycles. The number of pyridine rings is 1. The van der Waals surface area contributed by atoms with Crippen LogP contribution in [0.4, 0.5) is 10.2 Å². The molecular weight excluding hydrogens is 389 g/mol. The Hall–Kier alpha value is -3.36. The maximum atomic E-state index is 13.6. The molecule has 0 aromatic carbocycles. The van der Waals surface area contributed by atoms with Crippen LogP contribution in [0.25, 0.3) is 16.7 Å². The molecule has 9 heteroatoms. The van der Waals surface area contributed by atoms with Gasteiger partial charge in [-0.25, -0.2) is 14.4 Å². The summed E-state index contributed by atoms with van der Waals surface area (Å²) in [6.07, 6.45) is 8.29. The molecule has 1 unspecified atom stereocenters. The van der Waals surface area contributed by atoms with E-state index in [1.165, 1.54) is 18.2 Å².